The second-order valence-corrected chi connectivity index (χ2v) is 6.58. The van der Waals surface area contributed by atoms with Gasteiger partial charge in [-0.05, 0) is 57.1 Å². The number of phenols is 2. The summed E-state index contributed by atoms with van der Waals surface area (Å²) < 4.78 is 0. The van der Waals surface area contributed by atoms with Crippen LogP contribution in [-0.4, -0.2) is 21.5 Å². The van der Waals surface area contributed by atoms with E-state index in [1.54, 1.807) is 12.1 Å². The molecule has 0 atom stereocenters. The van der Waals surface area contributed by atoms with Gasteiger partial charge in [-0.15, -0.1) is 0 Å². The van der Waals surface area contributed by atoms with E-state index in [2.05, 4.69) is 43.6 Å². The Morgan fingerprint density at radius 3 is 1.96 bits per heavy atom. The molecule has 1 saturated carbocycles. The highest BCUT2D eigenvalue weighted by molar-refractivity contribution is 5.41. The average molecular weight is 329 g/mol. The predicted molar refractivity (Wildman–Crippen MR) is 95.6 cm³/mol. The molecule has 1 fully saturated rings. The summed E-state index contributed by atoms with van der Waals surface area (Å²) in [5.74, 6) is 0.581. The molecule has 2 aromatic rings. The number of hydrogen-bond donors (Lipinski definition) is 4. The van der Waals surface area contributed by atoms with Crippen LogP contribution in [0.3, 0.4) is 0 Å². The molecule has 130 valence electrons. The molecule has 2 aromatic carbocycles. The Labute approximate surface area is 143 Å². The minimum atomic E-state index is 0.0898. The van der Waals surface area contributed by atoms with Crippen molar-refractivity contribution >= 4 is 0 Å². The van der Waals surface area contributed by atoms with Crippen molar-refractivity contribution in [3.8, 4) is 11.5 Å². The highest BCUT2D eigenvalue weighted by Gasteiger charge is 2.23. The van der Waals surface area contributed by atoms with Crippen molar-refractivity contribution < 1.29 is 15.4 Å². The van der Waals surface area contributed by atoms with Gasteiger partial charge in [-0.25, -0.2) is 5.48 Å². The van der Waals surface area contributed by atoms with Crippen LogP contribution in [0.2, 0.25) is 0 Å². The van der Waals surface area contributed by atoms with Crippen LogP contribution in [0.1, 0.15) is 48.3 Å². The lowest BCUT2D eigenvalue weighted by molar-refractivity contribution is 0.103. The summed E-state index contributed by atoms with van der Waals surface area (Å²) in [6.07, 6.45) is 3.69. The summed E-state index contributed by atoms with van der Waals surface area (Å²) in [5.41, 5.74) is 5.87. The third kappa shape index (κ3) is 5.25. The SMILES string of the molecule is Cc1cccc(C)c1.ONC1CCC(c2ccc(O)cc2O)CC1. The largest absolute Gasteiger partial charge is 0.508 e. The molecule has 1 aliphatic rings. The van der Waals surface area contributed by atoms with Crippen molar-refractivity contribution in [2.45, 2.75) is 51.5 Å². The molecule has 0 aromatic heterocycles. The Hall–Kier alpha value is -2.04. The van der Waals surface area contributed by atoms with Crippen molar-refractivity contribution in [1.82, 2.24) is 5.48 Å². The third-order valence-electron chi connectivity index (χ3n) is 4.54. The zero-order valence-electron chi connectivity index (χ0n) is 14.4. The van der Waals surface area contributed by atoms with Gasteiger partial charge in [-0.1, -0.05) is 41.5 Å². The van der Waals surface area contributed by atoms with Crippen molar-refractivity contribution in [2.24, 2.45) is 0 Å². The van der Waals surface area contributed by atoms with Gasteiger partial charge in [0.25, 0.3) is 0 Å². The maximum absolute atomic E-state index is 9.74. The van der Waals surface area contributed by atoms with Crippen molar-refractivity contribution in [1.29, 1.82) is 0 Å². The quantitative estimate of drug-likeness (QED) is 0.616. The Balaban J connectivity index is 0.000000219. The zero-order valence-corrected chi connectivity index (χ0v) is 14.4. The lowest BCUT2D eigenvalue weighted by atomic mass is 9.81. The Kier molecular flexibility index (Phi) is 6.64. The summed E-state index contributed by atoms with van der Waals surface area (Å²) >= 11 is 0. The molecule has 0 amide bonds. The summed E-state index contributed by atoms with van der Waals surface area (Å²) in [6, 6.07) is 13.4. The van der Waals surface area contributed by atoms with Crippen LogP contribution in [0.5, 0.6) is 11.5 Å². The second kappa shape index (κ2) is 8.71. The van der Waals surface area contributed by atoms with Gasteiger partial charge in [-0.2, -0.15) is 0 Å². The van der Waals surface area contributed by atoms with E-state index in [0.29, 0.717) is 5.92 Å². The lowest BCUT2D eigenvalue weighted by Crippen LogP contribution is -2.30. The van der Waals surface area contributed by atoms with Crippen molar-refractivity contribution in [2.75, 3.05) is 0 Å². The van der Waals surface area contributed by atoms with E-state index in [-0.39, 0.29) is 17.5 Å². The van der Waals surface area contributed by atoms with Crippen LogP contribution in [0.4, 0.5) is 0 Å². The summed E-state index contributed by atoms with van der Waals surface area (Å²) in [4.78, 5) is 0. The fourth-order valence-electron chi connectivity index (χ4n) is 3.22. The highest BCUT2D eigenvalue weighted by Crippen LogP contribution is 2.38. The van der Waals surface area contributed by atoms with E-state index in [1.807, 2.05) is 0 Å². The Bertz CT molecular complexity index is 632. The number of aromatic hydroxyl groups is 2. The predicted octanol–water partition coefficient (Wildman–Crippen LogP) is 4.41. The van der Waals surface area contributed by atoms with Crippen molar-refractivity contribution in [3.63, 3.8) is 0 Å². The van der Waals surface area contributed by atoms with Gasteiger partial charge in [-0.3, -0.25) is 0 Å². The number of rotatable bonds is 2. The molecule has 0 heterocycles. The molecule has 24 heavy (non-hydrogen) atoms. The van der Waals surface area contributed by atoms with Crippen molar-refractivity contribution in [3.05, 3.63) is 59.2 Å². The average Bonchev–Trinajstić information content (AvgIpc) is 2.55. The van der Waals surface area contributed by atoms with Gasteiger partial charge >= 0.3 is 0 Å². The molecule has 4 N–H and O–H groups in total. The van der Waals surface area contributed by atoms with E-state index >= 15 is 0 Å². The molecular formula is C20H27NO3. The number of phenolic OH excluding ortho intramolecular Hbond substituents is 2. The molecule has 0 spiro atoms. The first-order valence-electron chi connectivity index (χ1n) is 8.44. The summed E-state index contributed by atoms with van der Waals surface area (Å²) in [7, 11) is 0. The molecule has 0 saturated heterocycles. The van der Waals surface area contributed by atoms with Gasteiger partial charge in [0.05, 0.1) is 0 Å². The number of hydrogen-bond acceptors (Lipinski definition) is 4. The summed E-state index contributed by atoms with van der Waals surface area (Å²) in [5, 5.41) is 27.8. The molecular weight excluding hydrogens is 302 g/mol. The molecule has 4 nitrogen and oxygen atoms in total. The van der Waals surface area contributed by atoms with Gasteiger partial charge < -0.3 is 15.4 Å². The maximum Gasteiger partial charge on any atom is 0.122 e. The van der Waals surface area contributed by atoms with Crippen LogP contribution in [0, 0.1) is 13.8 Å². The highest BCUT2D eigenvalue weighted by atomic mass is 16.5. The Morgan fingerprint density at radius 2 is 1.50 bits per heavy atom. The van der Waals surface area contributed by atoms with Crippen LogP contribution < -0.4 is 5.48 Å². The van der Waals surface area contributed by atoms with Crippen LogP contribution in [0.25, 0.3) is 0 Å². The summed E-state index contributed by atoms with van der Waals surface area (Å²) in [6.45, 7) is 4.21. The normalized spacial score (nSPS) is 20.1. The van der Waals surface area contributed by atoms with Crippen LogP contribution >= 0.6 is 0 Å². The number of nitrogens with one attached hydrogen (secondary N) is 1. The fourth-order valence-corrected chi connectivity index (χ4v) is 3.22. The minimum Gasteiger partial charge on any atom is -0.508 e. The fraction of sp³-hybridized carbons (Fsp3) is 0.400. The molecule has 3 rings (SSSR count). The zero-order chi connectivity index (χ0) is 17.5. The van der Waals surface area contributed by atoms with Gasteiger partial charge in [0.15, 0.2) is 0 Å². The first kappa shape index (κ1) is 18.3. The lowest BCUT2D eigenvalue weighted by Gasteiger charge is -2.28. The van der Waals surface area contributed by atoms with Gasteiger partial charge in [0.1, 0.15) is 11.5 Å². The molecule has 4 heteroatoms. The smallest absolute Gasteiger partial charge is 0.122 e. The van der Waals surface area contributed by atoms with Gasteiger partial charge in [0, 0.05) is 12.1 Å². The monoisotopic (exact) mass is 329 g/mol. The van der Waals surface area contributed by atoms with E-state index in [9.17, 15) is 10.2 Å². The second-order valence-electron chi connectivity index (χ2n) is 6.58. The van der Waals surface area contributed by atoms with E-state index in [0.717, 1.165) is 31.2 Å². The van der Waals surface area contributed by atoms with Gasteiger partial charge in [0.2, 0.25) is 0 Å². The Morgan fingerprint density at radius 1 is 0.875 bits per heavy atom. The number of aryl methyl sites for hydroxylation is 2. The van der Waals surface area contributed by atoms with E-state index < -0.39 is 0 Å². The maximum atomic E-state index is 9.74. The molecule has 0 unspecified atom stereocenters. The molecule has 1 aliphatic carbocycles. The van der Waals surface area contributed by atoms with Crippen LogP contribution in [-0.2, 0) is 0 Å². The standard InChI is InChI=1S/C12H17NO3.C8H10/c14-10-5-6-11(12(15)7-10)8-1-3-9(13-16)4-2-8;1-7-4-3-5-8(2)6-7/h5-9,13-16H,1-4H2;3-6H,1-2H3. The van der Waals surface area contributed by atoms with E-state index in [4.69, 9.17) is 5.21 Å². The first-order chi connectivity index (χ1) is 11.5. The number of hydroxylamine groups is 1. The minimum absolute atomic E-state index is 0.0898. The molecule has 0 aliphatic heterocycles. The third-order valence-corrected chi connectivity index (χ3v) is 4.54. The first-order valence-corrected chi connectivity index (χ1v) is 8.44. The van der Waals surface area contributed by atoms with Crippen LogP contribution in [0.15, 0.2) is 42.5 Å². The van der Waals surface area contributed by atoms with E-state index in [1.165, 1.54) is 17.2 Å². The number of benzene rings is 2. The topological polar surface area (TPSA) is 72.7 Å². The molecule has 0 bridgehead atoms. The molecule has 0 radical (unpaired) electrons.